The van der Waals surface area contributed by atoms with Gasteiger partial charge >= 0.3 is 12.1 Å². The third-order valence-corrected chi connectivity index (χ3v) is 6.70. The van der Waals surface area contributed by atoms with Crippen molar-refractivity contribution >= 4 is 22.8 Å². The summed E-state index contributed by atoms with van der Waals surface area (Å²) in [5, 5.41) is 37.3. The van der Waals surface area contributed by atoms with E-state index in [2.05, 4.69) is 15.6 Å². The van der Waals surface area contributed by atoms with E-state index in [4.69, 9.17) is 35.0 Å². The molecule has 0 spiro atoms. The number of halogens is 3. The Kier molecular flexibility index (Phi) is 11.0. The van der Waals surface area contributed by atoms with Gasteiger partial charge < -0.3 is 35.7 Å². The number of phenols is 2. The molecule has 13 nitrogen and oxygen atoms in total. The van der Waals surface area contributed by atoms with Crippen LogP contribution >= 0.6 is 0 Å². The SMILES string of the molecule is CCn1c(-c2nonc2N)nc2c(-c3ccccc3)ncc(OCCCCNCCc3ccc(O)c(O)c3)c21.O=C(O)C(F)(F)F. The second kappa shape index (κ2) is 15.1. The first kappa shape index (κ1) is 33.5. The minimum atomic E-state index is -5.08. The van der Waals surface area contributed by atoms with Crippen molar-refractivity contribution in [2.45, 2.75) is 38.9 Å². The van der Waals surface area contributed by atoms with Crippen LogP contribution in [0, 0.1) is 0 Å². The van der Waals surface area contributed by atoms with Crippen LogP contribution in [0.25, 0.3) is 33.8 Å². The molecule has 2 aromatic carbocycles. The number of ether oxygens (including phenoxy) is 1. The Morgan fingerprint density at radius 3 is 2.41 bits per heavy atom. The number of nitrogens with two attached hydrogens (primary N) is 1. The van der Waals surface area contributed by atoms with Crippen LogP contribution in [0.2, 0.25) is 0 Å². The maximum absolute atomic E-state index is 10.6. The molecule has 16 heteroatoms. The highest BCUT2D eigenvalue weighted by molar-refractivity contribution is 5.95. The third-order valence-electron chi connectivity index (χ3n) is 6.70. The number of anilines is 1. The van der Waals surface area contributed by atoms with Crippen molar-refractivity contribution in [1.82, 2.24) is 30.2 Å². The van der Waals surface area contributed by atoms with Gasteiger partial charge in [-0.2, -0.15) is 13.2 Å². The molecule has 46 heavy (non-hydrogen) atoms. The van der Waals surface area contributed by atoms with Gasteiger partial charge in [0.25, 0.3) is 0 Å². The standard InChI is InChI=1S/C28H31N7O4.C2HF3O2/c1-2-35-26-22(38-15-7-6-13-30-14-12-18-10-11-20(36)21(37)16-18)17-31-23(19-8-4-3-5-9-19)24(26)32-28(35)25-27(29)34-39-33-25;3-2(4,5)1(6)7/h3-5,8-11,16-17,30,36-37H,2,6-7,12-15H2,1H3,(H2,29,34);(H,6,7). The lowest BCUT2D eigenvalue weighted by atomic mass is 10.1. The number of aromatic nitrogens is 5. The van der Waals surface area contributed by atoms with Crippen LogP contribution in [-0.4, -0.2) is 72.0 Å². The van der Waals surface area contributed by atoms with E-state index in [0.717, 1.165) is 54.7 Å². The highest BCUT2D eigenvalue weighted by atomic mass is 19.4. The summed E-state index contributed by atoms with van der Waals surface area (Å²) < 4.78 is 44.8. The Bertz CT molecular complexity index is 1760. The molecule has 3 aromatic heterocycles. The summed E-state index contributed by atoms with van der Waals surface area (Å²) in [7, 11) is 0. The summed E-state index contributed by atoms with van der Waals surface area (Å²) in [6.07, 6.45) is -0.796. The number of aryl methyl sites for hydroxylation is 1. The van der Waals surface area contributed by atoms with Crippen molar-refractivity contribution in [3.63, 3.8) is 0 Å². The Balaban J connectivity index is 0.000000617. The van der Waals surface area contributed by atoms with Crippen molar-refractivity contribution in [1.29, 1.82) is 0 Å². The number of aromatic hydroxyl groups is 2. The molecule has 244 valence electrons. The molecular weight excluding hydrogens is 611 g/mol. The fraction of sp³-hybridized carbons (Fsp3) is 0.300. The Morgan fingerprint density at radius 2 is 1.78 bits per heavy atom. The lowest BCUT2D eigenvalue weighted by molar-refractivity contribution is -0.192. The topological polar surface area (TPSA) is 195 Å². The number of nitrogens with one attached hydrogen (secondary N) is 1. The summed E-state index contributed by atoms with van der Waals surface area (Å²) in [6.45, 7) is 4.76. The molecule has 0 bridgehead atoms. The van der Waals surface area contributed by atoms with E-state index in [0.29, 0.717) is 35.9 Å². The number of hydrogen-bond donors (Lipinski definition) is 5. The van der Waals surface area contributed by atoms with Crippen molar-refractivity contribution in [2.75, 3.05) is 25.4 Å². The van der Waals surface area contributed by atoms with Gasteiger partial charge in [0.15, 0.2) is 34.6 Å². The molecule has 0 amide bonds. The zero-order chi connectivity index (χ0) is 33.3. The highest BCUT2D eigenvalue weighted by Gasteiger charge is 2.38. The number of rotatable bonds is 12. The second-order valence-electron chi connectivity index (χ2n) is 9.89. The number of aliphatic carboxylic acids is 1. The number of benzene rings is 2. The molecule has 0 aliphatic rings. The number of alkyl halides is 3. The Hall–Kier alpha value is -5.38. The van der Waals surface area contributed by atoms with Gasteiger partial charge in [0.1, 0.15) is 11.0 Å². The number of nitrogens with zero attached hydrogens (tertiary/aromatic N) is 5. The van der Waals surface area contributed by atoms with E-state index in [1.165, 1.54) is 6.07 Å². The van der Waals surface area contributed by atoms with Crippen LogP contribution in [0.4, 0.5) is 19.0 Å². The van der Waals surface area contributed by atoms with E-state index < -0.39 is 12.1 Å². The number of nitrogen functional groups attached to an aromatic ring is 1. The van der Waals surface area contributed by atoms with Crippen molar-refractivity contribution in [3.8, 4) is 40.0 Å². The molecule has 5 aromatic rings. The average Bonchev–Trinajstić information content (AvgIpc) is 3.63. The minimum absolute atomic E-state index is 0.0947. The van der Waals surface area contributed by atoms with Crippen LogP contribution in [0.15, 0.2) is 59.4 Å². The normalized spacial score (nSPS) is 11.3. The highest BCUT2D eigenvalue weighted by Crippen LogP contribution is 2.36. The fourth-order valence-corrected chi connectivity index (χ4v) is 4.48. The van der Waals surface area contributed by atoms with Crippen molar-refractivity contribution in [3.05, 3.63) is 60.3 Å². The minimum Gasteiger partial charge on any atom is -0.504 e. The van der Waals surface area contributed by atoms with E-state index >= 15 is 0 Å². The third kappa shape index (κ3) is 8.20. The predicted octanol–water partition coefficient (Wildman–Crippen LogP) is 4.79. The van der Waals surface area contributed by atoms with Crippen LogP contribution in [0.5, 0.6) is 17.2 Å². The van der Waals surface area contributed by atoms with Gasteiger partial charge in [-0.3, -0.25) is 0 Å². The maximum Gasteiger partial charge on any atom is 0.490 e. The number of carbonyl (C=O) groups is 1. The number of unbranched alkanes of at least 4 members (excludes halogenated alkanes) is 1. The van der Waals surface area contributed by atoms with Gasteiger partial charge in [0, 0.05) is 12.1 Å². The molecule has 0 saturated heterocycles. The first-order valence-corrected chi connectivity index (χ1v) is 14.2. The van der Waals surface area contributed by atoms with E-state index in [1.54, 1.807) is 12.3 Å². The first-order chi connectivity index (χ1) is 22.0. The molecule has 3 heterocycles. The Morgan fingerprint density at radius 1 is 1.04 bits per heavy atom. The number of phenolic OH excluding ortho intramolecular Hbond substituents is 2. The van der Waals surface area contributed by atoms with Crippen LogP contribution in [0.1, 0.15) is 25.3 Å². The molecule has 0 atom stereocenters. The number of imidazole rings is 1. The van der Waals surface area contributed by atoms with E-state index in [1.807, 2.05) is 47.9 Å². The summed E-state index contributed by atoms with van der Waals surface area (Å²) in [4.78, 5) is 18.5. The van der Waals surface area contributed by atoms with Gasteiger partial charge in [0.2, 0.25) is 0 Å². The summed E-state index contributed by atoms with van der Waals surface area (Å²) >= 11 is 0. The quantitative estimate of drug-likeness (QED) is 0.0923. The lowest BCUT2D eigenvalue weighted by Crippen LogP contribution is -2.21. The van der Waals surface area contributed by atoms with E-state index in [-0.39, 0.29) is 17.3 Å². The summed E-state index contributed by atoms with van der Waals surface area (Å²) in [5.41, 5.74) is 10.6. The zero-order valence-electron chi connectivity index (χ0n) is 24.7. The average molecular weight is 644 g/mol. The number of fused-ring (bicyclic) bond motifs is 1. The number of pyridine rings is 1. The summed E-state index contributed by atoms with van der Waals surface area (Å²) in [6, 6.07) is 14.8. The molecule has 0 aliphatic heterocycles. The van der Waals surface area contributed by atoms with Gasteiger partial charge in [-0.1, -0.05) is 36.4 Å². The second-order valence-corrected chi connectivity index (χ2v) is 9.89. The predicted molar refractivity (Wildman–Crippen MR) is 161 cm³/mol. The van der Waals surface area contributed by atoms with Crippen LogP contribution < -0.4 is 15.8 Å². The van der Waals surface area contributed by atoms with Crippen LogP contribution in [0.3, 0.4) is 0 Å². The molecule has 0 unspecified atom stereocenters. The number of hydrogen-bond acceptors (Lipinski definition) is 11. The fourth-order valence-electron chi connectivity index (χ4n) is 4.48. The maximum atomic E-state index is 10.6. The lowest BCUT2D eigenvalue weighted by Gasteiger charge is -2.12. The smallest absolute Gasteiger partial charge is 0.490 e. The largest absolute Gasteiger partial charge is 0.504 e. The number of carboxylic acid groups (broad SMARTS) is 1. The summed E-state index contributed by atoms with van der Waals surface area (Å²) in [5.74, 6) is -1.60. The van der Waals surface area contributed by atoms with Crippen molar-refractivity contribution in [2.24, 2.45) is 0 Å². The number of carboxylic acids is 1. The van der Waals surface area contributed by atoms with Gasteiger partial charge in [0.05, 0.1) is 18.5 Å². The van der Waals surface area contributed by atoms with Gasteiger partial charge in [-0.25, -0.2) is 19.4 Å². The molecule has 0 saturated carbocycles. The molecule has 5 rings (SSSR count). The molecule has 0 fully saturated rings. The molecule has 0 radical (unpaired) electrons. The van der Waals surface area contributed by atoms with Gasteiger partial charge in [-0.15, -0.1) is 0 Å². The monoisotopic (exact) mass is 643 g/mol. The molecule has 6 N–H and O–H groups in total. The Labute approximate surface area is 260 Å². The van der Waals surface area contributed by atoms with Gasteiger partial charge in [-0.05, 0) is 67.3 Å². The zero-order valence-corrected chi connectivity index (χ0v) is 24.7. The van der Waals surface area contributed by atoms with Crippen molar-refractivity contribution < 1.29 is 42.7 Å². The first-order valence-electron chi connectivity index (χ1n) is 14.2. The molecule has 0 aliphatic carbocycles. The molecular formula is C30H32F3N7O6. The van der Waals surface area contributed by atoms with E-state index in [9.17, 15) is 23.4 Å². The van der Waals surface area contributed by atoms with Crippen LogP contribution in [-0.2, 0) is 17.8 Å².